The van der Waals surface area contributed by atoms with Gasteiger partial charge in [-0.25, -0.2) is 9.37 Å². The van der Waals surface area contributed by atoms with Gasteiger partial charge in [0.05, 0.1) is 11.0 Å². The molecule has 0 radical (unpaired) electrons. The Morgan fingerprint density at radius 2 is 2.27 bits per heavy atom. The molecule has 0 aliphatic carbocycles. The third-order valence-corrected chi connectivity index (χ3v) is 2.33. The molecular formula is C11H14FN3. The topological polar surface area (TPSA) is 54.7 Å². The molecule has 0 aliphatic heterocycles. The molecular weight excluding hydrogens is 193 g/mol. The van der Waals surface area contributed by atoms with E-state index >= 15 is 0 Å². The van der Waals surface area contributed by atoms with Crippen LogP contribution in [0.1, 0.15) is 18.3 Å². The molecule has 3 nitrogen and oxygen atoms in total. The second-order valence-electron chi connectivity index (χ2n) is 3.98. The Kier molecular flexibility index (Phi) is 2.44. The molecule has 1 aromatic heterocycles. The van der Waals surface area contributed by atoms with Gasteiger partial charge in [0.2, 0.25) is 0 Å². The summed E-state index contributed by atoms with van der Waals surface area (Å²) in [6.07, 6.45) is 0.676. The van der Waals surface area contributed by atoms with Crippen LogP contribution >= 0.6 is 0 Å². The average molecular weight is 207 g/mol. The molecule has 80 valence electrons. The predicted octanol–water partition coefficient (Wildman–Crippen LogP) is 1.90. The van der Waals surface area contributed by atoms with Gasteiger partial charge in [-0.3, -0.25) is 0 Å². The highest BCUT2D eigenvalue weighted by molar-refractivity contribution is 5.76. The number of aryl methyl sites for hydroxylation is 1. The Labute approximate surface area is 87.5 Å². The van der Waals surface area contributed by atoms with Crippen molar-refractivity contribution in [2.45, 2.75) is 26.3 Å². The van der Waals surface area contributed by atoms with Crippen molar-refractivity contribution < 1.29 is 4.39 Å². The molecule has 0 aliphatic rings. The minimum absolute atomic E-state index is 0.0523. The third kappa shape index (κ3) is 1.99. The number of aromatic nitrogens is 2. The van der Waals surface area contributed by atoms with Crippen molar-refractivity contribution >= 4 is 11.0 Å². The van der Waals surface area contributed by atoms with Crippen LogP contribution in [0.2, 0.25) is 0 Å². The van der Waals surface area contributed by atoms with Gasteiger partial charge in [-0.1, -0.05) is 0 Å². The smallest absolute Gasteiger partial charge is 0.128 e. The highest BCUT2D eigenvalue weighted by atomic mass is 19.1. The van der Waals surface area contributed by atoms with Crippen molar-refractivity contribution in [3.8, 4) is 0 Å². The normalized spacial score (nSPS) is 13.3. The Morgan fingerprint density at radius 3 is 2.93 bits per heavy atom. The summed E-state index contributed by atoms with van der Waals surface area (Å²) in [5, 5.41) is 0. The van der Waals surface area contributed by atoms with Crippen molar-refractivity contribution in [1.82, 2.24) is 9.97 Å². The lowest BCUT2D eigenvalue weighted by Crippen LogP contribution is -2.18. The van der Waals surface area contributed by atoms with E-state index in [1.165, 1.54) is 6.07 Å². The van der Waals surface area contributed by atoms with Crippen LogP contribution in [0, 0.1) is 12.7 Å². The lowest BCUT2D eigenvalue weighted by Gasteiger charge is -1.99. The summed E-state index contributed by atoms with van der Waals surface area (Å²) < 4.78 is 13.2. The van der Waals surface area contributed by atoms with Crippen LogP contribution in [0.15, 0.2) is 12.1 Å². The summed E-state index contributed by atoms with van der Waals surface area (Å²) in [6.45, 7) is 3.65. The molecule has 0 bridgehead atoms. The number of hydrogen-bond donors (Lipinski definition) is 2. The van der Waals surface area contributed by atoms with E-state index in [0.29, 0.717) is 17.5 Å². The predicted molar refractivity (Wildman–Crippen MR) is 58.1 cm³/mol. The van der Waals surface area contributed by atoms with Crippen LogP contribution in [0.3, 0.4) is 0 Å². The molecule has 4 heteroatoms. The number of fused-ring (bicyclic) bond motifs is 1. The van der Waals surface area contributed by atoms with Crippen LogP contribution in [0.4, 0.5) is 4.39 Å². The molecule has 1 aromatic carbocycles. The molecule has 1 atom stereocenters. The zero-order valence-electron chi connectivity index (χ0n) is 8.84. The Balaban J connectivity index is 2.47. The monoisotopic (exact) mass is 207 g/mol. The maximum absolute atomic E-state index is 13.2. The van der Waals surface area contributed by atoms with E-state index in [4.69, 9.17) is 5.73 Å². The van der Waals surface area contributed by atoms with Gasteiger partial charge in [0.15, 0.2) is 0 Å². The van der Waals surface area contributed by atoms with E-state index in [1.54, 1.807) is 13.0 Å². The Morgan fingerprint density at radius 1 is 1.53 bits per heavy atom. The molecule has 0 fully saturated rings. The third-order valence-electron chi connectivity index (χ3n) is 2.33. The summed E-state index contributed by atoms with van der Waals surface area (Å²) in [5.74, 6) is 0.589. The second kappa shape index (κ2) is 3.62. The van der Waals surface area contributed by atoms with Crippen molar-refractivity contribution in [3.63, 3.8) is 0 Å². The van der Waals surface area contributed by atoms with E-state index < -0.39 is 0 Å². The fraction of sp³-hybridized carbons (Fsp3) is 0.364. The molecule has 1 heterocycles. The molecule has 1 unspecified atom stereocenters. The number of nitrogens with one attached hydrogen (secondary N) is 1. The number of rotatable bonds is 2. The highest BCUT2D eigenvalue weighted by Crippen LogP contribution is 2.17. The number of imidazole rings is 1. The molecule has 0 saturated carbocycles. The maximum atomic E-state index is 13.2. The fourth-order valence-electron chi connectivity index (χ4n) is 1.59. The number of aromatic amines is 1. The van der Waals surface area contributed by atoms with E-state index in [2.05, 4.69) is 9.97 Å². The SMILES string of the molecule is Cc1cc2[nH]c(CC(C)N)nc2cc1F. The Hall–Kier alpha value is -1.42. The van der Waals surface area contributed by atoms with Crippen molar-refractivity contribution in [1.29, 1.82) is 0 Å². The quantitative estimate of drug-likeness (QED) is 0.790. The number of hydrogen-bond acceptors (Lipinski definition) is 2. The van der Waals surface area contributed by atoms with Gasteiger partial charge in [-0.15, -0.1) is 0 Å². The summed E-state index contributed by atoms with van der Waals surface area (Å²) in [7, 11) is 0. The molecule has 0 amide bonds. The maximum Gasteiger partial charge on any atom is 0.128 e. The molecule has 0 spiro atoms. The van der Waals surface area contributed by atoms with Crippen LogP contribution in [0.25, 0.3) is 11.0 Å². The van der Waals surface area contributed by atoms with E-state index in [-0.39, 0.29) is 11.9 Å². The second-order valence-corrected chi connectivity index (χ2v) is 3.98. The van der Waals surface area contributed by atoms with Gasteiger partial charge in [0.1, 0.15) is 11.6 Å². The van der Waals surface area contributed by atoms with Gasteiger partial charge in [-0.2, -0.15) is 0 Å². The number of nitrogens with two attached hydrogens (primary N) is 1. The first-order valence-electron chi connectivity index (χ1n) is 4.96. The van der Waals surface area contributed by atoms with E-state index in [0.717, 1.165) is 11.3 Å². The minimum atomic E-state index is -0.221. The first-order chi connectivity index (χ1) is 7.06. The van der Waals surface area contributed by atoms with Crippen LogP contribution in [-0.4, -0.2) is 16.0 Å². The molecule has 15 heavy (non-hydrogen) atoms. The molecule has 3 N–H and O–H groups in total. The van der Waals surface area contributed by atoms with Crippen LogP contribution in [0.5, 0.6) is 0 Å². The largest absolute Gasteiger partial charge is 0.342 e. The first-order valence-corrected chi connectivity index (χ1v) is 4.96. The van der Waals surface area contributed by atoms with Crippen LogP contribution < -0.4 is 5.73 Å². The van der Waals surface area contributed by atoms with Gasteiger partial charge in [0, 0.05) is 18.5 Å². The van der Waals surface area contributed by atoms with Crippen molar-refractivity contribution in [2.24, 2.45) is 5.73 Å². The van der Waals surface area contributed by atoms with Gasteiger partial charge >= 0.3 is 0 Å². The average Bonchev–Trinajstić information content (AvgIpc) is 2.46. The number of benzene rings is 1. The summed E-state index contributed by atoms with van der Waals surface area (Å²) >= 11 is 0. The minimum Gasteiger partial charge on any atom is -0.342 e. The highest BCUT2D eigenvalue weighted by Gasteiger charge is 2.07. The fourth-order valence-corrected chi connectivity index (χ4v) is 1.59. The number of halogens is 1. The lowest BCUT2D eigenvalue weighted by molar-refractivity contribution is 0.620. The van der Waals surface area contributed by atoms with Gasteiger partial charge < -0.3 is 10.7 Å². The molecule has 0 saturated heterocycles. The standard InChI is InChI=1S/C11H14FN3/c1-6-3-9-10(5-8(6)12)15-11(14-9)4-7(2)13/h3,5,7H,4,13H2,1-2H3,(H,14,15). The Bertz CT molecular complexity index is 449. The van der Waals surface area contributed by atoms with Crippen molar-refractivity contribution in [3.05, 3.63) is 29.3 Å². The first kappa shape index (κ1) is 10.1. The summed E-state index contributed by atoms with van der Waals surface area (Å²) in [5.41, 5.74) is 7.82. The lowest BCUT2D eigenvalue weighted by atomic mass is 10.2. The molecule has 2 rings (SSSR count). The number of H-pyrrole nitrogens is 1. The van der Waals surface area contributed by atoms with Crippen molar-refractivity contribution in [2.75, 3.05) is 0 Å². The summed E-state index contributed by atoms with van der Waals surface area (Å²) in [4.78, 5) is 7.42. The zero-order valence-corrected chi connectivity index (χ0v) is 8.84. The van der Waals surface area contributed by atoms with Gasteiger partial charge in [0.25, 0.3) is 0 Å². The van der Waals surface area contributed by atoms with Crippen LogP contribution in [-0.2, 0) is 6.42 Å². The number of nitrogens with zero attached hydrogens (tertiary/aromatic N) is 1. The van der Waals surface area contributed by atoms with Gasteiger partial charge in [-0.05, 0) is 25.5 Å². The molecule has 2 aromatic rings. The summed E-state index contributed by atoms with van der Waals surface area (Å²) in [6, 6.07) is 3.27. The zero-order chi connectivity index (χ0) is 11.0. The van der Waals surface area contributed by atoms with E-state index in [9.17, 15) is 4.39 Å². The van der Waals surface area contributed by atoms with E-state index in [1.807, 2.05) is 6.92 Å².